The topological polar surface area (TPSA) is 55.4 Å². The van der Waals surface area contributed by atoms with Gasteiger partial charge in [0, 0.05) is 6.07 Å². The molecule has 2 aromatic carbocycles. The third kappa shape index (κ3) is 4.75. The fourth-order valence-electron chi connectivity index (χ4n) is 1.73. The second kappa shape index (κ2) is 6.86. The number of rotatable bonds is 5. The van der Waals surface area contributed by atoms with E-state index in [0.29, 0.717) is 6.07 Å². The molecule has 0 saturated carbocycles. The molecule has 0 aliphatic rings. The van der Waals surface area contributed by atoms with Crippen molar-refractivity contribution in [3.8, 4) is 5.75 Å². The fourth-order valence-corrected chi connectivity index (χ4v) is 3.31. The van der Waals surface area contributed by atoms with E-state index in [-0.39, 0.29) is 9.92 Å². The van der Waals surface area contributed by atoms with Crippen LogP contribution in [0.3, 0.4) is 0 Å². The average molecular weight is 384 g/mol. The first-order valence-corrected chi connectivity index (χ1v) is 8.21. The molecule has 0 atom stereocenters. The van der Waals surface area contributed by atoms with Crippen LogP contribution in [0.5, 0.6) is 5.75 Å². The number of hydrogen-bond acceptors (Lipinski definition) is 3. The third-order valence-electron chi connectivity index (χ3n) is 2.70. The summed E-state index contributed by atoms with van der Waals surface area (Å²) >= 11 is 5.79. The quantitative estimate of drug-likeness (QED) is 0.786. The zero-order chi connectivity index (χ0) is 18.0. The van der Waals surface area contributed by atoms with Gasteiger partial charge in [-0.1, -0.05) is 23.7 Å². The van der Waals surface area contributed by atoms with Crippen molar-refractivity contribution in [2.45, 2.75) is 11.1 Å². The van der Waals surface area contributed by atoms with E-state index in [2.05, 4.69) is 4.74 Å². The van der Waals surface area contributed by atoms with Crippen molar-refractivity contribution >= 4 is 27.3 Å². The first-order valence-electron chi connectivity index (χ1n) is 6.35. The monoisotopic (exact) mass is 383 g/mol. The van der Waals surface area contributed by atoms with Crippen LogP contribution >= 0.6 is 11.6 Å². The first kappa shape index (κ1) is 18.3. The van der Waals surface area contributed by atoms with Crippen molar-refractivity contribution in [3.05, 3.63) is 53.3 Å². The number of benzene rings is 2. The maximum Gasteiger partial charge on any atom is 0.422 e. The summed E-state index contributed by atoms with van der Waals surface area (Å²) in [4.78, 5) is -0.308. The van der Waals surface area contributed by atoms with Crippen molar-refractivity contribution in [2.75, 3.05) is 11.3 Å². The third-order valence-corrected chi connectivity index (χ3v) is 4.57. The van der Waals surface area contributed by atoms with E-state index in [9.17, 15) is 26.0 Å². The van der Waals surface area contributed by atoms with Gasteiger partial charge in [-0.3, -0.25) is 4.72 Å². The molecular formula is C14H10ClF4NO3S. The van der Waals surface area contributed by atoms with Crippen molar-refractivity contribution in [1.29, 1.82) is 0 Å². The summed E-state index contributed by atoms with van der Waals surface area (Å²) in [5.74, 6) is -1.32. The molecule has 2 aromatic rings. The zero-order valence-electron chi connectivity index (χ0n) is 11.8. The minimum absolute atomic E-state index is 0.0980. The summed E-state index contributed by atoms with van der Waals surface area (Å²) in [6.07, 6.45) is -4.63. The van der Waals surface area contributed by atoms with Crippen molar-refractivity contribution < 1.29 is 30.7 Å². The Hall–Kier alpha value is -2.00. The second-order valence-electron chi connectivity index (χ2n) is 4.58. The van der Waals surface area contributed by atoms with Crippen LogP contribution in [0.4, 0.5) is 23.2 Å². The van der Waals surface area contributed by atoms with Gasteiger partial charge in [0.25, 0.3) is 10.0 Å². The molecule has 0 bridgehead atoms. The lowest BCUT2D eigenvalue weighted by molar-refractivity contribution is -0.153. The van der Waals surface area contributed by atoms with E-state index < -0.39 is 40.1 Å². The van der Waals surface area contributed by atoms with Gasteiger partial charge >= 0.3 is 6.18 Å². The van der Waals surface area contributed by atoms with Crippen LogP contribution in [0.2, 0.25) is 5.02 Å². The van der Waals surface area contributed by atoms with Crippen LogP contribution in [0.1, 0.15) is 0 Å². The van der Waals surface area contributed by atoms with Gasteiger partial charge in [-0.25, -0.2) is 12.8 Å². The molecule has 0 heterocycles. The van der Waals surface area contributed by atoms with Crippen LogP contribution in [-0.2, 0) is 10.0 Å². The lowest BCUT2D eigenvalue weighted by Gasteiger charge is -2.15. The van der Waals surface area contributed by atoms with Crippen LogP contribution in [0, 0.1) is 5.82 Å². The molecule has 0 aliphatic heterocycles. The fraction of sp³-hybridized carbons (Fsp3) is 0.143. The Balaban J connectivity index is 2.35. The van der Waals surface area contributed by atoms with Gasteiger partial charge in [0.05, 0.1) is 10.7 Å². The second-order valence-corrected chi connectivity index (χ2v) is 6.64. The molecule has 4 nitrogen and oxygen atoms in total. The average Bonchev–Trinajstić information content (AvgIpc) is 2.45. The Morgan fingerprint density at radius 2 is 1.79 bits per heavy atom. The summed E-state index contributed by atoms with van der Waals surface area (Å²) < 4.78 is 81.2. The minimum atomic E-state index is -4.63. The molecule has 24 heavy (non-hydrogen) atoms. The van der Waals surface area contributed by atoms with E-state index in [4.69, 9.17) is 11.6 Å². The summed E-state index contributed by atoms with van der Waals surface area (Å²) in [5, 5.41) is -0.0980. The van der Waals surface area contributed by atoms with Gasteiger partial charge in [-0.2, -0.15) is 13.2 Å². The van der Waals surface area contributed by atoms with Crippen LogP contribution in [0.15, 0.2) is 47.4 Å². The van der Waals surface area contributed by atoms with Gasteiger partial charge < -0.3 is 4.74 Å². The highest BCUT2D eigenvalue weighted by Crippen LogP contribution is 2.31. The summed E-state index contributed by atoms with van der Waals surface area (Å²) in [6, 6.07) is 7.88. The Bertz CT molecular complexity index is 840. The molecule has 0 fully saturated rings. The van der Waals surface area contributed by atoms with Gasteiger partial charge in [0.2, 0.25) is 0 Å². The molecular weight excluding hydrogens is 374 g/mol. The summed E-state index contributed by atoms with van der Waals surface area (Å²) in [6.45, 7) is -1.65. The Morgan fingerprint density at radius 3 is 2.42 bits per heavy atom. The maximum absolute atomic E-state index is 13.3. The largest absolute Gasteiger partial charge is 0.482 e. The van der Waals surface area contributed by atoms with E-state index in [1.54, 1.807) is 0 Å². The van der Waals surface area contributed by atoms with Crippen molar-refractivity contribution in [3.63, 3.8) is 0 Å². The molecule has 0 saturated heterocycles. The van der Waals surface area contributed by atoms with E-state index in [1.165, 1.54) is 24.3 Å². The number of sulfonamides is 1. The number of anilines is 1. The van der Waals surface area contributed by atoms with Crippen molar-refractivity contribution in [2.24, 2.45) is 0 Å². The van der Waals surface area contributed by atoms with Crippen molar-refractivity contribution in [1.82, 2.24) is 0 Å². The highest BCUT2D eigenvalue weighted by Gasteiger charge is 2.29. The first-order chi connectivity index (χ1) is 11.1. The molecule has 1 N–H and O–H groups in total. The summed E-state index contributed by atoms with van der Waals surface area (Å²) in [7, 11) is -4.25. The molecule has 130 valence electrons. The Labute approximate surface area is 140 Å². The Kier molecular flexibility index (Phi) is 5.24. The van der Waals surface area contributed by atoms with Gasteiger partial charge in [-0.05, 0) is 24.3 Å². The molecule has 0 aliphatic carbocycles. The molecule has 0 spiro atoms. The SMILES string of the molecule is O=S(=O)(Nc1cc(F)ccc1OCC(F)(F)F)c1ccccc1Cl. The minimum Gasteiger partial charge on any atom is -0.482 e. The van der Waals surface area contributed by atoms with E-state index >= 15 is 0 Å². The van der Waals surface area contributed by atoms with E-state index in [1.807, 2.05) is 4.72 Å². The number of nitrogens with one attached hydrogen (secondary N) is 1. The Morgan fingerprint density at radius 1 is 1.12 bits per heavy atom. The highest BCUT2D eigenvalue weighted by molar-refractivity contribution is 7.92. The molecule has 0 radical (unpaired) electrons. The molecule has 0 unspecified atom stereocenters. The zero-order valence-corrected chi connectivity index (χ0v) is 13.3. The molecule has 0 aromatic heterocycles. The van der Waals surface area contributed by atoms with E-state index in [0.717, 1.165) is 12.1 Å². The maximum atomic E-state index is 13.3. The van der Waals surface area contributed by atoms with Crippen LogP contribution < -0.4 is 9.46 Å². The molecule has 0 amide bonds. The van der Waals surface area contributed by atoms with Gasteiger partial charge in [0.15, 0.2) is 6.61 Å². The standard InChI is InChI=1S/C14H10ClF4NO3S/c15-10-3-1-2-4-13(10)24(21,22)20-11-7-9(16)5-6-12(11)23-8-14(17,18)19/h1-7,20H,8H2. The van der Waals surface area contributed by atoms with Gasteiger partial charge in [-0.15, -0.1) is 0 Å². The smallest absolute Gasteiger partial charge is 0.422 e. The predicted octanol–water partition coefficient (Wildman–Crippen LogP) is 4.22. The number of hydrogen-bond donors (Lipinski definition) is 1. The molecule has 2 rings (SSSR count). The lowest BCUT2D eigenvalue weighted by Crippen LogP contribution is -2.20. The predicted molar refractivity (Wildman–Crippen MR) is 80.2 cm³/mol. The van der Waals surface area contributed by atoms with Gasteiger partial charge in [0.1, 0.15) is 16.5 Å². The highest BCUT2D eigenvalue weighted by atomic mass is 35.5. The number of alkyl halides is 3. The number of halogens is 5. The molecule has 10 heteroatoms. The summed E-state index contributed by atoms with van der Waals surface area (Å²) in [5.41, 5.74) is -0.473. The normalized spacial score (nSPS) is 12.0. The lowest BCUT2D eigenvalue weighted by atomic mass is 10.3. The van der Waals surface area contributed by atoms with Crippen LogP contribution in [-0.4, -0.2) is 21.2 Å². The van der Waals surface area contributed by atoms with Crippen LogP contribution in [0.25, 0.3) is 0 Å². The number of ether oxygens (including phenoxy) is 1.